The monoisotopic (exact) mass is 248 g/mol. The number of nitrogens with two attached hydrogens (primary N) is 1. The van der Waals surface area contributed by atoms with Crippen LogP contribution in [0.15, 0.2) is 11.4 Å². The number of rotatable bonds is 2. The van der Waals surface area contributed by atoms with Crippen molar-refractivity contribution in [1.82, 2.24) is 9.97 Å². The van der Waals surface area contributed by atoms with Gasteiger partial charge in [-0.3, -0.25) is 0 Å². The Morgan fingerprint density at radius 1 is 1.41 bits per heavy atom. The Morgan fingerprint density at radius 2 is 2.29 bits per heavy atom. The summed E-state index contributed by atoms with van der Waals surface area (Å²) in [6.45, 7) is 2.30. The summed E-state index contributed by atoms with van der Waals surface area (Å²) in [5.41, 5.74) is 6.67. The molecule has 3 rings (SSSR count). The molecule has 4 nitrogen and oxygen atoms in total. The molecular formula is C12H16N4S. The molecular weight excluding hydrogens is 232 g/mol. The summed E-state index contributed by atoms with van der Waals surface area (Å²) in [6.07, 6.45) is 3.74. The van der Waals surface area contributed by atoms with E-state index < -0.39 is 0 Å². The quantitative estimate of drug-likeness (QED) is 0.857. The van der Waals surface area contributed by atoms with E-state index in [1.54, 1.807) is 11.3 Å². The highest BCUT2D eigenvalue weighted by atomic mass is 32.1. The lowest BCUT2D eigenvalue weighted by atomic mass is 10.1. The van der Waals surface area contributed by atoms with Gasteiger partial charge in [0.1, 0.15) is 5.82 Å². The highest BCUT2D eigenvalue weighted by Gasteiger charge is 2.22. The van der Waals surface area contributed by atoms with Crippen LogP contribution in [0.25, 0.3) is 10.2 Å². The normalized spacial score (nSPS) is 24.3. The molecule has 2 aromatic rings. The number of thiophene rings is 1. The maximum Gasteiger partial charge on any atom is 0.222 e. The van der Waals surface area contributed by atoms with E-state index >= 15 is 0 Å². The van der Waals surface area contributed by atoms with Crippen LogP contribution in [-0.2, 0) is 0 Å². The number of nitrogens with zero attached hydrogens (tertiary/aromatic N) is 2. The minimum Gasteiger partial charge on any atom is -0.368 e. The largest absolute Gasteiger partial charge is 0.368 e. The predicted molar refractivity (Wildman–Crippen MR) is 72.3 cm³/mol. The molecule has 2 atom stereocenters. The molecule has 2 aromatic heterocycles. The van der Waals surface area contributed by atoms with Crippen LogP contribution in [0.3, 0.4) is 0 Å². The molecule has 1 fully saturated rings. The van der Waals surface area contributed by atoms with Crippen molar-refractivity contribution in [2.75, 3.05) is 11.1 Å². The summed E-state index contributed by atoms with van der Waals surface area (Å²) >= 11 is 1.66. The highest BCUT2D eigenvalue weighted by Crippen LogP contribution is 2.31. The van der Waals surface area contributed by atoms with Crippen LogP contribution in [-0.4, -0.2) is 16.0 Å². The number of fused-ring (bicyclic) bond motifs is 1. The van der Waals surface area contributed by atoms with Crippen LogP contribution < -0.4 is 11.1 Å². The number of anilines is 2. The second kappa shape index (κ2) is 4.14. The average Bonchev–Trinajstić information content (AvgIpc) is 2.87. The molecule has 90 valence electrons. The number of nitrogens with one attached hydrogen (secondary N) is 1. The number of hydrogen-bond acceptors (Lipinski definition) is 5. The molecule has 1 aliphatic rings. The third-order valence-corrected chi connectivity index (χ3v) is 4.27. The van der Waals surface area contributed by atoms with Crippen molar-refractivity contribution in [2.45, 2.75) is 32.2 Å². The summed E-state index contributed by atoms with van der Waals surface area (Å²) in [5.74, 6) is 2.07. The van der Waals surface area contributed by atoms with E-state index in [1.165, 1.54) is 19.3 Å². The van der Waals surface area contributed by atoms with Gasteiger partial charge in [-0.1, -0.05) is 6.92 Å². The second-order valence-electron chi connectivity index (χ2n) is 4.82. The van der Waals surface area contributed by atoms with Gasteiger partial charge in [0.2, 0.25) is 5.95 Å². The maximum absolute atomic E-state index is 5.73. The second-order valence-corrected chi connectivity index (χ2v) is 5.74. The molecule has 0 spiro atoms. The Morgan fingerprint density at radius 3 is 3.06 bits per heavy atom. The van der Waals surface area contributed by atoms with E-state index in [4.69, 9.17) is 5.73 Å². The SMILES string of the molecule is CC1CCC(Nc2nc(N)nc3ccsc23)C1. The van der Waals surface area contributed by atoms with Crippen LogP contribution in [0.2, 0.25) is 0 Å². The fourth-order valence-electron chi connectivity index (χ4n) is 2.51. The molecule has 2 unspecified atom stereocenters. The lowest BCUT2D eigenvalue weighted by Crippen LogP contribution is -2.16. The lowest BCUT2D eigenvalue weighted by molar-refractivity contribution is 0.602. The van der Waals surface area contributed by atoms with Crippen LogP contribution in [0.5, 0.6) is 0 Å². The van der Waals surface area contributed by atoms with Crippen molar-refractivity contribution in [3.05, 3.63) is 11.4 Å². The Hall–Kier alpha value is -1.36. The third kappa shape index (κ3) is 2.07. The van der Waals surface area contributed by atoms with Crippen molar-refractivity contribution in [3.63, 3.8) is 0 Å². The number of aromatic nitrogens is 2. The fraction of sp³-hybridized carbons (Fsp3) is 0.500. The van der Waals surface area contributed by atoms with Gasteiger partial charge in [0.15, 0.2) is 0 Å². The van der Waals surface area contributed by atoms with E-state index in [-0.39, 0.29) is 0 Å². The Bertz CT molecular complexity index is 536. The molecule has 0 aliphatic heterocycles. The standard InChI is InChI=1S/C12H16N4S/c1-7-2-3-8(6-7)14-11-10-9(4-5-17-10)15-12(13)16-11/h4-5,7-8H,2-3,6H2,1H3,(H3,13,14,15,16). The topological polar surface area (TPSA) is 63.8 Å². The summed E-state index contributed by atoms with van der Waals surface area (Å²) in [4.78, 5) is 8.55. The molecule has 0 radical (unpaired) electrons. The van der Waals surface area contributed by atoms with E-state index in [1.807, 2.05) is 11.4 Å². The fourth-order valence-corrected chi connectivity index (χ4v) is 3.29. The molecule has 0 amide bonds. The van der Waals surface area contributed by atoms with Crippen LogP contribution >= 0.6 is 11.3 Å². The van der Waals surface area contributed by atoms with E-state index in [0.29, 0.717) is 12.0 Å². The van der Waals surface area contributed by atoms with Gasteiger partial charge in [-0.25, -0.2) is 4.98 Å². The average molecular weight is 248 g/mol. The first-order valence-electron chi connectivity index (χ1n) is 5.99. The summed E-state index contributed by atoms with van der Waals surface area (Å²) in [7, 11) is 0. The van der Waals surface area contributed by atoms with E-state index in [0.717, 1.165) is 22.0 Å². The first-order chi connectivity index (χ1) is 8.22. The van der Waals surface area contributed by atoms with Gasteiger partial charge < -0.3 is 11.1 Å². The molecule has 0 aromatic carbocycles. The van der Waals surface area contributed by atoms with Crippen molar-refractivity contribution in [3.8, 4) is 0 Å². The highest BCUT2D eigenvalue weighted by molar-refractivity contribution is 7.17. The van der Waals surface area contributed by atoms with Crippen molar-refractivity contribution >= 4 is 33.3 Å². The summed E-state index contributed by atoms with van der Waals surface area (Å²) in [5, 5.41) is 5.55. The van der Waals surface area contributed by atoms with Crippen LogP contribution in [0.4, 0.5) is 11.8 Å². The number of hydrogen-bond donors (Lipinski definition) is 2. The number of nitrogen functional groups attached to an aromatic ring is 1. The Labute approximate surface area is 104 Å². The van der Waals surface area contributed by atoms with Crippen LogP contribution in [0.1, 0.15) is 26.2 Å². The van der Waals surface area contributed by atoms with Crippen molar-refractivity contribution < 1.29 is 0 Å². The van der Waals surface area contributed by atoms with Gasteiger partial charge in [0.25, 0.3) is 0 Å². The zero-order valence-electron chi connectivity index (χ0n) is 9.81. The molecule has 3 N–H and O–H groups in total. The van der Waals surface area contributed by atoms with Crippen molar-refractivity contribution in [2.24, 2.45) is 5.92 Å². The third-order valence-electron chi connectivity index (χ3n) is 3.36. The van der Waals surface area contributed by atoms with Gasteiger partial charge in [0.05, 0.1) is 10.2 Å². The van der Waals surface area contributed by atoms with Gasteiger partial charge in [-0.05, 0) is 36.6 Å². The molecule has 1 saturated carbocycles. The predicted octanol–water partition coefficient (Wildman–Crippen LogP) is 2.87. The molecule has 0 bridgehead atoms. The molecule has 17 heavy (non-hydrogen) atoms. The van der Waals surface area contributed by atoms with Gasteiger partial charge >= 0.3 is 0 Å². The Balaban J connectivity index is 1.91. The van der Waals surface area contributed by atoms with E-state index in [2.05, 4.69) is 22.2 Å². The first kappa shape index (κ1) is 10.8. The van der Waals surface area contributed by atoms with E-state index in [9.17, 15) is 0 Å². The summed E-state index contributed by atoms with van der Waals surface area (Å²) < 4.78 is 1.11. The summed E-state index contributed by atoms with van der Waals surface area (Å²) in [6, 6.07) is 2.52. The Kier molecular flexibility index (Phi) is 2.63. The molecule has 1 aliphatic carbocycles. The minimum absolute atomic E-state index is 0.351. The molecule has 0 saturated heterocycles. The maximum atomic E-state index is 5.73. The smallest absolute Gasteiger partial charge is 0.222 e. The van der Waals surface area contributed by atoms with Crippen molar-refractivity contribution in [1.29, 1.82) is 0 Å². The first-order valence-corrected chi connectivity index (χ1v) is 6.87. The minimum atomic E-state index is 0.351. The molecule has 5 heteroatoms. The van der Waals surface area contributed by atoms with Gasteiger partial charge in [-0.2, -0.15) is 4.98 Å². The molecule has 2 heterocycles. The zero-order chi connectivity index (χ0) is 11.8. The zero-order valence-corrected chi connectivity index (χ0v) is 10.6. The van der Waals surface area contributed by atoms with Gasteiger partial charge in [-0.15, -0.1) is 11.3 Å². The van der Waals surface area contributed by atoms with Crippen LogP contribution in [0, 0.1) is 5.92 Å². The lowest BCUT2D eigenvalue weighted by Gasteiger charge is -2.13. The van der Waals surface area contributed by atoms with Gasteiger partial charge in [0, 0.05) is 6.04 Å².